The number of nitrogens with one attached hydrogen (secondary N) is 2. The van der Waals surface area contributed by atoms with Crippen molar-refractivity contribution in [1.82, 2.24) is 5.32 Å². The van der Waals surface area contributed by atoms with Gasteiger partial charge in [-0.3, -0.25) is 9.59 Å². The Labute approximate surface area is 197 Å². The molecule has 0 saturated heterocycles. The van der Waals surface area contributed by atoms with Gasteiger partial charge in [0.25, 0.3) is 0 Å². The molecule has 0 heterocycles. The Morgan fingerprint density at radius 1 is 0.879 bits per heavy atom. The van der Waals surface area contributed by atoms with Gasteiger partial charge in [0.1, 0.15) is 11.9 Å². The van der Waals surface area contributed by atoms with Gasteiger partial charge in [0.05, 0.1) is 0 Å². The maximum atomic E-state index is 12.9. The van der Waals surface area contributed by atoms with Gasteiger partial charge < -0.3 is 15.4 Å². The van der Waals surface area contributed by atoms with E-state index in [4.69, 9.17) is 4.74 Å². The maximum Gasteiger partial charge on any atom is 0.227 e. The van der Waals surface area contributed by atoms with Crippen LogP contribution in [0.15, 0.2) is 48.5 Å². The molecule has 0 radical (unpaired) electrons. The van der Waals surface area contributed by atoms with Crippen molar-refractivity contribution < 1.29 is 14.3 Å². The van der Waals surface area contributed by atoms with Crippen LogP contribution in [0, 0.1) is 18.8 Å². The SMILES string of the molecule is Cc1cc(OC(C)c2ccccc2)ccc1NC(=O)C1CCC(NC(=O)C2CCCC2)CC1. The number of aryl methyl sites for hydroxylation is 1. The molecule has 2 fully saturated rings. The van der Waals surface area contributed by atoms with Crippen molar-refractivity contribution in [3.63, 3.8) is 0 Å². The summed E-state index contributed by atoms with van der Waals surface area (Å²) in [5.41, 5.74) is 2.94. The average molecular weight is 449 g/mol. The molecule has 2 saturated carbocycles. The van der Waals surface area contributed by atoms with E-state index in [0.717, 1.165) is 61.1 Å². The zero-order valence-corrected chi connectivity index (χ0v) is 19.8. The Balaban J connectivity index is 1.26. The Hall–Kier alpha value is -2.82. The zero-order valence-electron chi connectivity index (χ0n) is 19.8. The first-order valence-corrected chi connectivity index (χ1v) is 12.4. The maximum absolute atomic E-state index is 12.9. The highest BCUT2D eigenvalue weighted by atomic mass is 16.5. The number of hydrogen-bond donors (Lipinski definition) is 2. The van der Waals surface area contributed by atoms with Gasteiger partial charge in [-0.05, 0) is 81.7 Å². The normalized spacial score (nSPS) is 21.9. The number of anilines is 1. The molecular weight excluding hydrogens is 412 g/mol. The molecule has 33 heavy (non-hydrogen) atoms. The van der Waals surface area contributed by atoms with Crippen LogP contribution in [0.5, 0.6) is 5.75 Å². The van der Waals surface area contributed by atoms with Crippen molar-refractivity contribution in [3.05, 3.63) is 59.7 Å². The molecule has 1 unspecified atom stereocenters. The smallest absolute Gasteiger partial charge is 0.227 e. The largest absolute Gasteiger partial charge is 0.486 e. The van der Waals surface area contributed by atoms with Crippen molar-refractivity contribution in [2.24, 2.45) is 11.8 Å². The summed E-state index contributed by atoms with van der Waals surface area (Å²) in [4.78, 5) is 25.3. The summed E-state index contributed by atoms with van der Waals surface area (Å²) in [6.07, 6.45) is 7.73. The minimum Gasteiger partial charge on any atom is -0.486 e. The van der Waals surface area contributed by atoms with Crippen molar-refractivity contribution in [2.75, 3.05) is 5.32 Å². The number of rotatable bonds is 7. The number of ether oxygens (including phenoxy) is 1. The van der Waals surface area contributed by atoms with Crippen LogP contribution < -0.4 is 15.4 Å². The van der Waals surface area contributed by atoms with Crippen LogP contribution in [0.4, 0.5) is 5.69 Å². The first kappa shape index (κ1) is 23.3. The summed E-state index contributed by atoms with van der Waals surface area (Å²) < 4.78 is 6.09. The van der Waals surface area contributed by atoms with Crippen molar-refractivity contribution >= 4 is 17.5 Å². The summed E-state index contributed by atoms with van der Waals surface area (Å²) in [5, 5.41) is 6.34. The molecule has 176 valence electrons. The number of hydrogen-bond acceptors (Lipinski definition) is 3. The molecule has 2 aromatic rings. The van der Waals surface area contributed by atoms with Gasteiger partial charge in [-0.25, -0.2) is 0 Å². The summed E-state index contributed by atoms with van der Waals surface area (Å²) in [7, 11) is 0. The van der Waals surface area contributed by atoms with Crippen LogP contribution in [0.25, 0.3) is 0 Å². The molecule has 2 aliphatic rings. The van der Waals surface area contributed by atoms with Crippen LogP contribution in [-0.4, -0.2) is 17.9 Å². The van der Waals surface area contributed by atoms with Crippen molar-refractivity contribution in [2.45, 2.75) is 77.4 Å². The third kappa shape index (κ3) is 6.16. The minimum atomic E-state index is -0.0459. The molecular formula is C28H36N2O3. The third-order valence-electron chi connectivity index (χ3n) is 7.21. The highest BCUT2D eigenvalue weighted by Gasteiger charge is 2.30. The van der Waals surface area contributed by atoms with Crippen molar-refractivity contribution in [1.29, 1.82) is 0 Å². The van der Waals surface area contributed by atoms with Crippen LogP contribution in [0.3, 0.4) is 0 Å². The Morgan fingerprint density at radius 2 is 1.55 bits per heavy atom. The molecule has 2 aliphatic carbocycles. The summed E-state index contributed by atoms with van der Waals surface area (Å²) in [5.74, 6) is 1.29. The fourth-order valence-electron chi connectivity index (χ4n) is 5.09. The second kappa shape index (κ2) is 10.9. The molecule has 0 spiro atoms. The van der Waals surface area contributed by atoms with E-state index in [0.29, 0.717) is 0 Å². The van der Waals surface area contributed by atoms with E-state index in [9.17, 15) is 9.59 Å². The Bertz CT molecular complexity index is 945. The molecule has 5 heteroatoms. The molecule has 1 atom stereocenters. The highest BCUT2D eigenvalue weighted by Crippen LogP contribution is 2.30. The van der Waals surface area contributed by atoms with Crippen LogP contribution >= 0.6 is 0 Å². The van der Waals surface area contributed by atoms with Gasteiger partial charge in [0.2, 0.25) is 11.8 Å². The fraction of sp³-hybridized carbons (Fsp3) is 0.500. The van der Waals surface area contributed by atoms with E-state index < -0.39 is 0 Å². The fourth-order valence-corrected chi connectivity index (χ4v) is 5.09. The monoisotopic (exact) mass is 448 g/mol. The second-order valence-corrected chi connectivity index (χ2v) is 9.68. The molecule has 5 nitrogen and oxygen atoms in total. The first-order chi connectivity index (χ1) is 16.0. The number of benzene rings is 2. The average Bonchev–Trinajstić information content (AvgIpc) is 3.37. The van der Waals surface area contributed by atoms with Crippen LogP contribution in [-0.2, 0) is 9.59 Å². The first-order valence-electron chi connectivity index (χ1n) is 12.4. The summed E-state index contributed by atoms with van der Waals surface area (Å²) in [6, 6.07) is 16.2. The molecule has 2 amide bonds. The minimum absolute atomic E-state index is 0.00179. The quantitative estimate of drug-likeness (QED) is 0.551. The lowest BCUT2D eigenvalue weighted by Gasteiger charge is -2.29. The predicted molar refractivity (Wildman–Crippen MR) is 131 cm³/mol. The Morgan fingerprint density at radius 3 is 2.21 bits per heavy atom. The highest BCUT2D eigenvalue weighted by molar-refractivity contribution is 5.93. The molecule has 4 rings (SSSR count). The lowest BCUT2D eigenvalue weighted by Crippen LogP contribution is -2.41. The van der Waals surface area contributed by atoms with Crippen molar-refractivity contribution in [3.8, 4) is 5.75 Å². The van der Waals surface area contributed by atoms with Gasteiger partial charge in [0.15, 0.2) is 0 Å². The van der Waals surface area contributed by atoms with Gasteiger partial charge in [-0.2, -0.15) is 0 Å². The van der Waals surface area contributed by atoms with Crippen LogP contribution in [0.2, 0.25) is 0 Å². The third-order valence-corrected chi connectivity index (χ3v) is 7.21. The molecule has 2 N–H and O–H groups in total. The van der Waals surface area contributed by atoms with E-state index >= 15 is 0 Å². The zero-order chi connectivity index (χ0) is 23.2. The number of amides is 2. The molecule has 2 aromatic carbocycles. The molecule has 0 aliphatic heterocycles. The van der Waals surface area contributed by atoms with E-state index in [2.05, 4.69) is 22.8 Å². The summed E-state index contributed by atoms with van der Waals surface area (Å²) >= 11 is 0. The number of carbonyl (C=O) groups is 2. The van der Waals surface area contributed by atoms with Gasteiger partial charge >= 0.3 is 0 Å². The standard InChI is InChI=1S/C28H36N2O3/c1-19-18-25(33-20(2)21-8-4-3-5-9-21)16-17-26(19)30-28(32)23-12-14-24(15-13-23)29-27(31)22-10-6-7-11-22/h3-5,8-9,16-18,20,22-24H,6-7,10-15H2,1-2H3,(H,29,31)(H,30,32). The van der Waals surface area contributed by atoms with Gasteiger partial charge in [0, 0.05) is 23.6 Å². The lowest BCUT2D eigenvalue weighted by atomic mass is 9.85. The Kier molecular flexibility index (Phi) is 7.69. The van der Waals surface area contributed by atoms with E-state index in [1.807, 2.05) is 50.2 Å². The topological polar surface area (TPSA) is 67.4 Å². The van der Waals surface area contributed by atoms with E-state index in [1.54, 1.807) is 0 Å². The van der Waals surface area contributed by atoms with Crippen LogP contribution in [0.1, 0.15) is 75.5 Å². The predicted octanol–water partition coefficient (Wildman–Crippen LogP) is 5.94. The van der Waals surface area contributed by atoms with E-state index in [-0.39, 0.29) is 35.8 Å². The lowest BCUT2D eigenvalue weighted by molar-refractivity contribution is -0.125. The van der Waals surface area contributed by atoms with Gasteiger partial charge in [-0.1, -0.05) is 43.2 Å². The van der Waals surface area contributed by atoms with E-state index in [1.165, 1.54) is 12.8 Å². The summed E-state index contributed by atoms with van der Waals surface area (Å²) in [6.45, 7) is 4.03. The second-order valence-electron chi connectivity index (χ2n) is 9.68. The molecule has 0 bridgehead atoms. The molecule has 0 aromatic heterocycles. The number of carbonyl (C=O) groups excluding carboxylic acids is 2. The van der Waals surface area contributed by atoms with Gasteiger partial charge in [-0.15, -0.1) is 0 Å².